The minimum atomic E-state index is 0.134. The van der Waals surface area contributed by atoms with Crippen LogP contribution >= 0.6 is 22.9 Å². The summed E-state index contributed by atoms with van der Waals surface area (Å²) in [6.45, 7) is 4.25. The van der Waals surface area contributed by atoms with Crippen molar-refractivity contribution >= 4 is 45.8 Å². The van der Waals surface area contributed by atoms with Gasteiger partial charge in [-0.05, 0) is 25.5 Å². The van der Waals surface area contributed by atoms with Crippen LogP contribution in [0.3, 0.4) is 0 Å². The van der Waals surface area contributed by atoms with Gasteiger partial charge in [0.15, 0.2) is 28.9 Å². The van der Waals surface area contributed by atoms with Gasteiger partial charge in [-0.1, -0.05) is 35.0 Å². The molecular weight excluding hydrogens is 422 g/mol. The third kappa shape index (κ3) is 3.12. The molecule has 4 heterocycles. The average molecular weight is 438 g/mol. The van der Waals surface area contributed by atoms with Gasteiger partial charge in [-0.25, -0.2) is 19.5 Å². The summed E-state index contributed by atoms with van der Waals surface area (Å²) < 4.78 is 3.71. The van der Waals surface area contributed by atoms with E-state index < -0.39 is 0 Å². The fourth-order valence-electron chi connectivity index (χ4n) is 3.30. The lowest BCUT2D eigenvalue weighted by molar-refractivity contribution is 0.126. The van der Waals surface area contributed by atoms with Gasteiger partial charge < -0.3 is 4.84 Å². The number of rotatable bonds is 5. The Morgan fingerprint density at radius 3 is 2.87 bits per heavy atom. The van der Waals surface area contributed by atoms with Crippen LogP contribution in [-0.2, 0) is 11.4 Å². The molecule has 30 heavy (non-hydrogen) atoms. The first-order valence-electron chi connectivity index (χ1n) is 9.15. The summed E-state index contributed by atoms with van der Waals surface area (Å²) in [5.41, 5.74) is 4.48. The van der Waals surface area contributed by atoms with E-state index in [2.05, 4.69) is 39.1 Å². The summed E-state index contributed by atoms with van der Waals surface area (Å²) in [4.78, 5) is 19.1. The zero-order valence-corrected chi connectivity index (χ0v) is 17.7. The first kappa shape index (κ1) is 18.7. The third-order valence-electron chi connectivity index (χ3n) is 4.85. The highest BCUT2D eigenvalue weighted by Crippen LogP contribution is 2.30. The molecule has 8 nitrogen and oxygen atoms in total. The third-order valence-corrected chi connectivity index (χ3v) is 5.95. The number of fused-ring (bicyclic) bond motifs is 3. The topological polar surface area (TPSA) is 82.5 Å². The van der Waals surface area contributed by atoms with E-state index in [-0.39, 0.29) is 6.61 Å². The highest BCUT2D eigenvalue weighted by Gasteiger charge is 2.19. The van der Waals surface area contributed by atoms with Crippen LogP contribution in [0.25, 0.3) is 21.8 Å². The van der Waals surface area contributed by atoms with Crippen molar-refractivity contribution in [3.05, 3.63) is 69.8 Å². The van der Waals surface area contributed by atoms with Crippen LogP contribution in [0.15, 0.2) is 47.3 Å². The Balaban J connectivity index is 1.47. The van der Waals surface area contributed by atoms with E-state index in [0.717, 1.165) is 38.6 Å². The summed E-state index contributed by atoms with van der Waals surface area (Å²) in [6, 6.07) is 7.41. The number of halogens is 1. The number of nitrogens with zero attached hydrogens (tertiary/aromatic N) is 7. The number of aryl methyl sites for hydroxylation is 1. The van der Waals surface area contributed by atoms with E-state index in [1.807, 2.05) is 28.1 Å². The van der Waals surface area contributed by atoms with Crippen LogP contribution in [0.1, 0.15) is 22.6 Å². The molecule has 0 aliphatic carbocycles. The van der Waals surface area contributed by atoms with Crippen LogP contribution in [0.4, 0.5) is 0 Å². The minimum Gasteiger partial charge on any atom is -0.387 e. The van der Waals surface area contributed by atoms with Crippen molar-refractivity contribution in [2.24, 2.45) is 5.16 Å². The maximum atomic E-state index is 6.11. The zero-order valence-electron chi connectivity index (χ0n) is 16.2. The number of aromatic nitrogens is 6. The lowest BCUT2D eigenvalue weighted by Crippen LogP contribution is -1.98. The summed E-state index contributed by atoms with van der Waals surface area (Å²) in [5.74, 6) is 0.514. The SMILES string of the molecule is Cc1c(C)n(-c2nccs2)c2ncn3nc(CO/N=C\c4ccccc4Cl)nc3c12. The van der Waals surface area contributed by atoms with E-state index in [1.165, 1.54) is 0 Å². The van der Waals surface area contributed by atoms with Crippen LogP contribution in [0.5, 0.6) is 0 Å². The predicted molar refractivity (Wildman–Crippen MR) is 117 cm³/mol. The zero-order chi connectivity index (χ0) is 20.7. The summed E-state index contributed by atoms with van der Waals surface area (Å²) in [5, 5.41) is 12.8. The smallest absolute Gasteiger partial charge is 0.195 e. The summed E-state index contributed by atoms with van der Waals surface area (Å²) in [7, 11) is 0. The maximum Gasteiger partial charge on any atom is 0.195 e. The molecule has 4 aromatic heterocycles. The molecule has 0 unspecified atom stereocenters. The molecule has 0 fully saturated rings. The van der Waals surface area contributed by atoms with E-state index >= 15 is 0 Å². The van der Waals surface area contributed by atoms with Gasteiger partial charge in [-0.15, -0.1) is 16.4 Å². The molecule has 0 aliphatic heterocycles. The Morgan fingerprint density at radius 1 is 1.20 bits per heavy atom. The largest absolute Gasteiger partial charge is 0.387 e. The van der Waals surface area contributed by atoms with E-state index in [9.17, 15) is 0 Å². The van der Waals surface area contributed by atoms with Crippen molar-refractivity contribution in [1.29, 1.82) is 0 Å². The molecule has 0 N–H and O–H groups in total. The quantitative estimate of drug-likeness (QED) is 0.301. The Hall–Kier alpha value is -3.30. The minimum absolute atomic E-state index is 0.134. The molecule has 10 heteroatoms. The van der Waals surface area contributed by atoms with Crippen LogP contribution in [0.2, 0.25) is 5.02 Å². The first-order chi connectivity index (χ1) is 14.6. The summed E-state index contributed by atoms with van der Waals surface area (Å²) in [6.07, 6.45) is 5.01. The highest BCUT2D eigenvalue weighted by molar-refractivity contribution is 7.12. The van der Waals surface area contributed by atoms with E-state index in [4.69, 9.17) is 16.4 Å². The molecule has 0 radical (unpaired) electrons. The fourth-order valence-corrected chi connectivity index (χ4v) is 4.17. The number of benzene rings is 1. The molecule has 5 rings (SSSR count). The number of hydrogen-bond donors (Lipinski definition) is 0. The molecule has 0 saturated carbocycles. The van der Waals surface area contributed by atoms with Gasteiger partial charge in [-0.3, -0.25) is 4.57 Å². The van der Waals surface area contributed by atoms with Gasteiger partial charge >= 0.3 is 0 Å². The van der Waals surface area contributed by atoms with Crippen LogP contribution in [0, 0.1) is 13.8 Å². The van der Waals surface area contributed by atoms with Crippen molar-refractivity contribution in [3.63, 3.8) is 0 Å². The lowest BCUT2D eigenvalue weighted by Gasteiger charge is -2.02. The molecule has 5 aromatic rings. The average Bonchev–Trinajstić information content (AvgIpc) is 3.46. The van der Waals surface area contributed by atoms with Gasteiger partial charge in [-0.2, -0.15) is 0 Å². The van der Waals surface area contributed by atoms with Crippen LogP contribution < -0.4 is 0 Å². The predicted octanol–water partition coefficient (Wildman–Crippen LogP) is 4.35. The van der Waals surface area contributed by atoms with E-state index in [1.54, 1.807) is 40.7 Å². The van der Waals surface area contributed by atoms with Crippen molar-refractivity contribution in [2.45, 2.75) is 20.5 Å². The molecule has 0 amide bonds. The highest BCUT2D eigenvalue weighted by atomic mass is 35.5. The molecule has 0 spiro atoms. The molecule has 1 aromatic carbocycles. The molecular formula is C20H16ClN7OS. The molecule has 0 atom stereocenters. The monoisotopic (exact) mass is 437 g/mol. The fraction of sp³-hybridized carbons (Fsp3) is 0.150. The van der Waals surface area contributed by atoms with E-state index in [0.29, 0.717) is 10.8 Å². The van der Waals surface area contributed by atoms with Crippen molar-refractivity contribution in [3.8, 4) is 5.13 Å². The van der Waals surface area contributed by atoms with Gasteiger partial charge in [0, 0.05) is 27.9 Å². The first-order valence-corrected chi connectivity index (χ1v) is 10.4. The lowest BCUT2D eigenvalue weighted by atomic mass is 10.2. The van der Waals surface area contributed by atoms with Crippen molar-refractivity contribution in [2.75, 3.05) is 0 Å². The normalized spacial score (nSPS) is 11.8. The van der Waals surface area contributed by atoms with Gasteiger partial charge in [0.05, 0.1) is 11.6 Å². The second-order valence-corrected chi connectivity index (χ2v) is 7.91. The molecule has 0 aliphatic rings. The standard InChI is InChI=1S/C20H16ClN7OS/c1-12-13(2)28(20-22-7-8-30-20)18-17(12)19-25-16(26-27(19)11-23-18)10-29-24-9-14-5-3-4-6-15(14)21/h3-9,11H,10H2,1-2H3/b24-9-. The Labute approximate surface area is 180 Å². The number of oxime groups is 1. The Morgan fingerprint density at radius 2 is 2.07 bits per heavy atom. The second-order valence-electron chi connectivity index (χ2n) is 6.63. The van der Waals surface area contributed by atoms with Gasteiger partial charge in [0.25, 0.3) is 0 Å². The Bertz CT molecular complexity index is 1390. The maximum absolute atomic E-state index is 6.11. The van der Waals surface area contributed by atoms with Gasteiger partial charge in [0.1, 0.15) is 6.33 Å². The van der Waals surface area contributed by atoms with Crippen molar-refractivity contribution < 1.29 is 4.84 Å². The molecule has 0 bridgehead atoms. The van der Waals surface area contributed by atoms with Crippen molar-refractivity contribution in [1.82, 2.24) is 29.1 Å². The Kier molecular flexibility index (Phi) is 4.68. The molecule has 0 saturated heterocycles. The van der Waals surface area contributed by atoms with Gasteiger partial charge in [0.2, 0.25) is 0 Å². The molecule has 150 valence electrons. The van der Waals surface area contributed by atoms with Crippen LogP contribution in [-0.4, -0.2) is 35.3 Å². The number of hydrogen-bond acceptors (Lipinski definition) is 7. The summed E-state index contributed by atoms with van der Waals surface area (Å²) >= 11 is 7.67. The second kappa shape index (κ2) is 7.51. The number of thiazole rings is 1.